The number of benzene rings is 1. The van der Waals surface area contributed by atoms with Gasteiger partial charge in [0.1, 0.15) is 11.9 Å². The number of aromatic nitrogens is 3. The number of pyridine rings is 1. The molecule has 11 heteroatoms. The zero-order valence-electron chi connectivity index (χ0n) is 21.2. The molecule has 7 nitrogen and oxygen atoms in total. The summed E-state index contributed by atoms with van der Waals surface area (Å²) in [6.07, 6.45) is -0.473. The number of rotatable bonds is 8. The SMILES string of the molecule is C=C(c1nc(/C=C/CNC(=O)c2ccn(C)n2)cc2c(N[C@@H]3CCN(CC)C[C@@H]3F)cccc12)C(F)(F)F. The van der Waals surface area contributed by atoms with Gasteiger partial charge in [0.05, 0.1) is 23.0 Å². The Morgan fingerprint density at radius 2 is 2.05 bits per heavy atom. The van der Waals surface area contributed by atoms with Crippen molar-refractivity contribution in [1.82, 2.24) is 25.0 Å². The molecule has 1 aromatic carbocycles. The molecule has 0 aliphatic carbocycles. The lowest BCUT2D eigenvalue weighted by molar-refractivity contribution is -0.0688. The van der Waals surface area contributed by atoms with Crippen LogP contribution in [0.1, 0.15) is 35.2 Å². The van der Waals surface area contributed by atoms with Crippen molar-refractivity contribution < 1.29 is 22.4 Å². The third-order valence-electron chi connectivity index (χ3n) is 6.55. The second kappa shape index (κ2) is 11.3. The van der Waals surface area contributed by atoms with Crippen LogP contribution in [-0.2, 0) is 7.05 Å². The standard InChI is InChI=1S/C27H30F4N6O/c1-4-37-14-11-23(21(28)16-37)34-22-9-5-8-19-20(22)15-18(33-25(19)17(2)27(29,30)31)7-6-12-32-26(38)24-10-13-36(3)35-24/h5-10,13,15,21,23,34H,2,4,11-12,14,16H2,1,3H3,(H,32,38)/b7-6+/t21-,23+/m0/s1. The molecule has 2 N–H and O–H groups in total. The molecule has 0 radical (unpaired) electrons. The van der Waals surface area contributed by atoms with E-state index in [-0.39, 0.29) is 34.9 Å². The van der Waals surface area contributed by atoms with Gasteiger partial charge >= 0.3 is 6.18 Å². The molecule has 2 atom stereocenters. The molecule has 38 heavy (non-hydrogen) atoms. The van der Waals surface area contributed by atoms with Crippen molar-refractivity contribution in [3.8, 4) is 0 Å². The summed E-state index contributed by atoms with van der Waals surface area (Å²) in [4.78, 5) is 18.4. The first kappa shape index (κ1) is 27.3. The number of hydrogen-bond acceptors (Lipinski definition) is 5. The first-order valence-electron chi connectivity index (χ1n) is 12.3. The summed E-state index contributed by atoms with van der Waals surface area (Å²) in [5.74, 6) is -0.380. The van der Waals surface area contributed by atoms with E-state index in [2.05, 4.69) is 27.3 Å². The van der Waals surface area contributed by atoms with E-state index in [0.29, 0.717) is 24.0 Å². The topological polar surface area (TPSA) is 75.1 Å². The normalized spacial score (nSPS) is 18.7. The van der Waals surface area contributed by atoms with Crippen LogP contribution >= 0.6 is 0 Å². The lowest BCUT2D eigenvalue weighted by Gasteiger charge is -2.35. The first-order chi connectivity index (χ1) is 18.1. The number of carbonyl (C=O) groups is 1. The van der Waals surface area contributed by atoms with Gasteiger partial charge in [0, 0.05) is 49.3 Å². The summed E-state index contributed by atoms with van der Waals surface area (Å²) >= 11 is 0. The van der Waals surface area contributed by atoms with Crippen LogP contribution in [0.4, 0.5) is 23.2 Å². The molecule has 202 valence electrons. The van der Waals surface area contributed by atoms with Gasteiger partial charge in [0.2, 0.25) is 0 Å². The van der Waals surface area contributed by atoms with Crippen LogP contribution < -0.4 is 10.6 Å². The number of carbonyl (C=O) groups excluding carboxylic acids is 1. The minimum atomic E-state index is -4.68. The summed E-state index contributed by atoms with van der Waals surface area (Å²) < 4.78 is 57.4. The van der Waals surface area contributed by atoms with Crippen LogP contribution in [0.15, 0.2) is 49.2 Å². The molecule has 0 saturated carbocycles. The van der Waals surface area contributed by atoms with E-state index in [1.807, 2.05) is 11.8 Å². The van der Waals surface area contributed by atoms with E-state index in [4.69, 9.17) is 0 Å². The summed E-state index contributed by atoms with van der Waals surface area (Å²) in [6, 6.07) is 7.65. The van der Waals surface area contributed by atoms with E-state index in [9.17, 15) is 22.4 Å². The summed E-state index contributed by atoms with van der Waals surface area (Å²) in [6.45, 7) is 7.14. The molecule has 3 aromatic rings. The second-order valence-corrected chi connectivity index (χ2v) is 9.21. The number of hydrogen-bond donors (Lipinski definition) is 2. The molecule has 1 saturated heterocycles. The van der Waals surface area contributed by atoms with Crippen molar-refractivity contribution in [2.75, 3.05) is 31.5 Å². The highest BCUT2D eigenvalue weighted by Gasteiger charge is 2.35. The average Bonchev–Trinajstić information content (AvgIpc) is 3.32. The molecule has 1 aliphatic rings. The van der Waals surface area contributed by atoms with E-state index in [1.54, 1.807) is 49.7 Å². The third kappa shape index (κ3) is 6.21. The van der Waals surface area contributed by atoms with Crippen LogP contribution in [-0.4, -0.2) is 70.1 Å². The van der Waals surface area contributed by atoms with Crippen LogP contribution in [0.3, 0.4) is 0 Å². The zero-order chi connectivity index (χ0) is 27.4. The molecule has 3 heterocycles. The fourth-order valence-electron chi connectivity index (χ4n) is 4.45. The molecular formula is C27H30F4N6O. The number of fused-ring (bicyclic) bond motifs is 1. The van der Waals surface area contributed by atoms with Gasteiger partial charge in [-0.25, -0.2) is 9.37 Å². The smallest absolute Gasteiger partial charge is 0.379 e. The number of aryl methyl sites for hydroxylation is 1. The number of amides is 1. The quantitative estimate of drug-likeness (QED) is 0.408. The molecule has 4 rings (SSSR count). The Morgan fingerprint density at radius 1 is 1.26 bits per heavy atom. The van der Waals surface area contributed by atoms with Gasteiger partial charge in [-0.3, -0.25) is 9.48 Å². The lowest BCUT2D eigenvalue weighted by atomic mass is 9.99. The van der Waals surface area contributed by atoms with Gasteiger partial charge in [-0.15, -0.1) is 0 Å². The monoisotopic (exact) mass is 530 g/mol. The van der Waals surface area contributed by atoms with Gasteiger partial charge in [-0.05, 0) is 37.2 Å². The van der Waals surface area contributed by atoms with Crippen molar-refractivity contribution in [1.29, 1.82) is 0 Å². The first-order valence-corrected chi connectivity index (χ1v) is 12.3. The Morgan fingerprint density at radius 3 is 2.71 bits per heavy atom. The molecule has 1 amide bonds. The highest BCUT2D eigenvalue weighted by molar-refractivity contribution is 6.01. The van der Waals surface area contributed by atoms with Crippen LogP contribution in [0.2, 0.25) is 0 Å². The molecule has 0 spiro atoms. The predicted molar refractivity (Wildman–Crippen MR) is 140 cm³/mol. The van der Waals surface area contributed by atoms with E-state index in [0.717, 1.165) is 13.1 Å². The number of nitrogens with zero attached hydrogens (tertiary/aromatic N) is 4. The second-order valence-electron chi connectivity index (χ2n) is 9.21. The molecule has 1 aliphatic heterocycles. The Kier molecular flexibility index (Phi) is 8.15. The van der Waals surface area contributed by atoms with Gasteiger partial charge in [0.25, 0.3) is 5.91 Å². The molecule has 0 unspecified atom stereocenters. The molecule has 0 bridgehead atoms. The number of allylic oxidation sites excluding steroid dienone is 1. The zero-order valence-corrected chi connectivity index (χ0v) is 21.2. The largest absolute Gasteiger partial charge is 0.417 e. The molecule has 2 aromatic heterocycles. The number of anilines is 1. The van der Waals surface area contributed by atoms with Crippen molar-refractivity contribution >= 4 is 34.0 Å². The number of alkyl halides is 4. The van der Waals surface area contributed by atoms with Crippen LogP contribution in [0.5, 0.6) is 0 Å². The predicted octanol–water partition coefficient (Wildman–Crippen LogP) is 4.83. The van der Waals surface area contributed by atoms with E-state index < -0.39 is 24.0 Å². The van der Waals surface area contributed by atoms with Crippen LogP contribution in [0.25, 0.3) is 22.4 Å². The van der Waals surface area contributed by atoms with Gasteiger partial charge in [-0.2, -0.15) is 18.3 Å². The summed E-state index contributed by atoms with van der Waals surface area (Å²) in [5, 5.41) is 10.7. The number of halogens is 4. The van der Waals surface area contributed by atoms with Crippen molar-refractivity contribution in [3.05, 3.63) is 66.3 Å². The van der Waals surface area contributed by atoms with Gasteiger partial charge in [-0.1, -0.05) is 31.7 Å². The number of likely N-dealkylation sites (tertiary alicyclic amines) is 1. The summed E-state index contributed by atoms with van der Waals surface area (Å²) in [7, 11) is 1.69. The third-order valence-corrected chi connectivity index (χ3v) is 6.55. The minimum Gasteiger partial charge on any atom is -0.379 e. The maximum Gasteiger partial charge on any atom is 0.417 e. The number of piperidine rings is 1. The maximum atomic E-state index is 14.9. The average molecular weight is 531 g/mol. The highest BCUT2D eigenvalue weighted by atomic mass is 19.4. The minimum absolute atomic E-state index is 0.115. The fraction of sp³-hybridized carbons (Fsp3) is 0.370. The van der Waals surface area contributed by atoms with Crippen molar-refractivity contribution in [2.45, 2.75) is 31.7 Å². The van der Waals surface area contributed by atoms with Crippen LogP contribution in [0, 0.1) is 0 Å². The van der Waals surface area contributed by atoms with Gasteiger partial charge in [0.15, 0.2) is 0 Å². The van der Waals surface area contributed by atoms with Gasteiger partial charge < -0.3 is 15.5 Å². The fourth-order valence-corrected chi connectivity index (χ4v) is 4.45. The Bertz CT molecular complexity index is 1350. The number of nitrogens with one attached hydrogen (secondary N) is 2. The molecule has 1 fully saturated rings. The highest BCUT2D eigenvalue weighted by Crippen LogP contribution is 2.37. The Balaban J connectivity index is 1.62. The van der Waals surface area contributed by atoms with E-state index >= 15 is 0 Å². The van der Waals surface area contributed by atoms with E-state index in [1.165, 1.54) is 10.8 Å². The van der Waals surface area contributed by atoms with Crippen molar-refractivity contribution in [3.63, 3.8) is 0 Å². The Hall–Kier alpha value is -3.73. The summed E-state index contributed by atoms with van der Waals surface area (Å²) in [5.41, 5.74) is -0.347. The van der Waals surface area contributed by atoms with Crippen molar-refractivity contribution in [2.24, 2.45) is 7.05 Å². The lowest BCUT2D eigenvalue weighted by Crippen LogP contribution is -2.47. The Labute approximate surface area is 218 Å². The molecular weight excluding hydrogens is 500 g/mol. The maximum absolute atomic E-state index is 14.9.